The van der Waals surface area contributed by atoms with Gasteiger partial charge in [-0.05, 0) is 55.3 Å². The fraction of sp³-hybridized carbons (Fsp3) is 0.200. The molecule has 1 aliphatic heterocycles. The second-order valence-electron chi connectivity index (χ2n) is 6.82. The van der Waals surface area contributed by atoms with Crippen molar-refractivity contribution in [2.24, 2.45) is 0 Å². The number of rotatable bonds is 5. The van der Waals surface area contributed by atoms with E-state index in [-0.39, 0.29) is 15.5 Å². The van der Waals surface area contributed by atoms with Crippen LogP contribution in [0.4, 0.5) is 5.69 Å². The molecule has 31 heavy (non-hydrogen) atoms. The predicted molar refractivity (Wildman–Crippen MR) is 116 cm³/mol. The van der Waals surface area contributed by atoms with Crippen molar-refractivity contribution < 1.29 is 13.2 Å². The first kappa shape index (κ1) is 21.4. The molecule has 1 N–H and O–H groups in total. The first-order valence-electron chi connectivity index (χ1n) is 9.31. The Kier molecular flexibility index (Phi) is 6.02. The second-order valence-corrected chi connectivity index (χ2v) is 10.2. The van der Waals surface area contributed by atoms with Crippen LogP contribution in [0.3, 0.4) is 0 Å². The van der Waals surface area contributed by atoms with Crippen LogP contribution in [0.1, 0.15) is 39.3 Å². The molecule has 1 fully saturated rings. The van der Waals surface area contributed by atoms with Gasteiger partial charge in [-0.15, -0.1) is 10.2 Å². The summed E-state index contributed by atoms with van der Waals surface area (Å²) in [5.41, 5.74) is 0.836. The van der Waals surface area contributed by atoms with E-state index >= 15 is 0 Å². The highest BCUT2D eigenvalue weighted by Crippen LogP contribution is 2.37. The quantitative estimate of drug-likeness (QED) is 0.601. The van der Waals surface area contributed by atoms with E-state index < -0.39 is 22.0 Å². The number of sulfonamides is 1. The number of nitriles is 1. The van der Waals surface area contributed by atoms with E-state index in [1.54, 1.807) is 36.4 Å². The maximum absolute atomic E-state index is 13.2. The summed E-state index contributed by atoms with van der Waals surface area (Å²) in [4.78, 5) is 12.6. The monoisotopic (exact) mass is 473 g/mol. The summed E-state index contributed by atoms with van der Waals surface area (Å²) >= 11 is 6.91. The van der Waals surface area contributed by atoms with Crippen LogP contribution in [-0.4, -0.2) is 35.4 Å². The van der Waals surface area contributed by atoms with Crippen molar-refractivity contribution in [2.45, 2.75) is 23.8 Å². The van der Waals surface area contributed by atoms with E-state index in [0.29, 0.717) is 35.1 Å². The van der Waals surface area contributed by atoms with Crippen LogP contribution in [-0.2, 0) is 10.0 Å². The molecule has 4 rings (SSSR count). The Labute approximate surface area is 188 Å². The minimum Gasteiger partial charge on any atom is -0.320 e. The molecule has 2 heterocycles. The molecule has 1 saturated heterocycles. The third-order valence-corrected chi connectivity index (χ3v) is 7.97. The summed E-state index contributed by atoms with van der Waals surface area (Å²) in [6, 6.07) is 14.0. The zero-order valence-electron chi connectivity index (χ0n) is 16.0. The largest absolute Gasteiger partial charge is 0.320 e. The van der Waals surface area contributed by atoms with Gasteiger partial charge in [0.15, 0.2) is 0 Å². The van der Waals surface area contributed by atoms with E-state index in [4.69, 9.17) is 16.9 Å². The highest BCUT2D eigenvalue weighted by atomic mass is 35.5. The van der Waals surface area contributed by atoms with Crippen LogP contribution >= 0.6 is 22.9 Å². The van der Waals surface area contributed by atoms with Crippen LogP contribution in [0.25, 0.3) is 0 Å². The minimum absolute atomic E-state index is 0.0590. The number of benzene rings is 2. The predicted octanol–water partition coefficient (Wildman–Crippen LogP) is 3.84. The third-order valence-electron chi connectivity index (χ3n) is 4.80. The van der Waals surface area contributed by atoms with Crippen LogP contribution in [0.2, 0.25) is 5.02 Å². The summed E-state index contributed by atoms with van der Waals surface area (Å²) < 4.78 is 27.7. The van der Waals surface area contributed by atoms with E-state index in [1.165, 1.54) is 16.4 Å². The summed E-state index contributed by atoms with van der Waals surface area (Å²) in [6.07, 6.45) is 1.23. The number of hydrogen-bond acceptors (Lipinski definition) is 7. The number of carbonyl (C=O) groups is 1. The molecule has 1 aromatic heterocycles. The van der Waals surface area contributed by atoms with Gasteiger partial charge in [0.25, 0.3) is 5.91 Å². The number of halogens is 1. The van der Waals surface area contributed by atoms with E-state index in [0.717, 1.165) is 11.3 Å². The van der Waals surface area contributed by atoms with Crippen LogP contribution in [0.5, 0.6) is 0 Å². The standard InChI is InChI=1S/C20H16ClN5O3S2/c21-14-6-8-15(9-7-14)23-18(27)20-25-24-19(30-20)17-5-2-10-26(17)31(28,29)16-4-1-3-13(11-16)12-22/h1,3-4,6-9,11,17H,2,5,10H2,(H,23,27)/t17-/m1/s1. The smallest absolute Gasteiger partial charge is 0.286 e. The van der Waals surface area contributed by atoms with Gasteiger partial charge < -0.3 is 5.32 Å². The van der Waals surface area contributed by atoms with Crippen molar-refractivity contribution in [3.8, 4) is 6.07 Å². The fourth-order valence-corrected chi connectivity index (χ4v) is 6.10. The lowest BCUT2D eigenvalue weighted by Gasteiger charge is -2.22. The lowest BCUT2D eigenvalue weighted by atomic mass is 10.2. The van der Waals surface area contributed by atoms with Crippen molar-refractivity contribution in [3.63, 3.8) is 0 Å². The average molecular weight is 474 g/mol. The summed E-state index contributed by atoms with van der Waals surface area (Å²) in [6.45, 7) is 0.329. The van der Waals surface area contributed by atoms with Crippen molar-refractivity contribution in [2.75, 3.05) is 11.9 Å². The normalized spacial score (nSPS) is 16.7. The van der Waals surface area contributed by atoms with Gasteiger partial charge in [0.05, 0.1) is 22.6 Å². The highest BCUT2D eigenvalue weighted by molar-refractivity contribution is 7.89. The lowest BCUT2D eigenvalue weighted by Crippen LogP contribution is -2.30. The van der Waals surface area contributed by atoms with Gasteiger partial charge in [0, 0.05) is 17.3 Å². The number of aromatic nitrogens is 2. The number of amides is 1. The van der Waals surface area contributed by atoms with Crippen LogP contribution < -0.4 is 5.32 Å². The molecule has 0 bridgehead atoms. The van der Waals surface area contributed by atoms with E-state index in [9.17, 15) is 13.2 Å². The molecule has 0 unspecified atom stereocenters. The molecule has 158 valence electrons. The minimum atomic E-state index is -3.82. The molecule has 2 aromatic carbocycles. The zero-order chi connectivity index (χ0) is 22.0. The second kappa shape index (κ2) is 8.72. The fourth-order valence-electron chi connectivity index (χ4n) is 3.31. The van der Waals surface area contributed by atoms with Crippen LogP contribution in [0.15, 0.2) is 53.4 Å². The SMILES string of the molecule is N#Cc1cccc(S(=O)(=O)N2CCC[C@@H]2c2nnc(C(=O)Nc3ccc(Cl)cc3)s2)c1. The highest BCUT2D eigenvalue weighted by Gasteiger charge is 2.38. The zero-order valence-corrected chi connectivity index (χ0v) is 18.4. The first-order chi connectivity index (χ1) is 14.9. The van der Waals surface area contributed by atoms with Gasteiger partial charge >= 0.3 is 0 Å². The summed E-state index contributed by atoms with van der Waals surface area (Å²) in [5, 5.41) is 21.0. The van der Waals surface area contributed by atoms with E-state index in [2.05, 4.69) is 15.5 Å². The number of nitrogens with one attached hydrogen (secondary N) is 1. The van der Waals surface area contributed by atoms with Gasteiger partial charge in [0.1, 0.15) is 5.01 Å². The third kappa shape index (κ3) is 4.45. The Hall–Kier alpha value is -2.84. The van der Waals surface area contributed by atoms with Gasteiger partial charge in [-0.3, -0.25) is 4.79 Å². The van der Waals surface area contributed by atoms with Crippen molar-refractivity contribution in [1.29, 1.82) is 5.26 Å². The molecule has 0 radical (unpaired) electrons. The number of anilines is 1. The molecule has 0 aliphatic carbocycles. The van der Waals surface area contributed by atoms with E-state index in [1.807, 2.05) is 6.07 Å². The topological polar surface area (TPSA) is 116 Å². The Balaban J connectivity index is 1.55. The van der Waals surface area contributed by atoms with Gasteiger partial charge in [-0.2, -0.15) is 9.57 Å². The average Bonchev–Trinajstić information content (AvgIpc) is 3.45. The molecule has 1 aliphatic rings. The van der Waals surface area contributed by atoms with Crippen molar-refractivity contribution in [3.05, 3.63) is 69.1 Å². The maximum atomic E-state index is 13.2. The molecule has 0 spiro atoms. The lowest BCUT2D eigenvalue weighted by molar-refractivity contribution is 0.102. The molecule has 1 amide bonds. The number of hydrogen-bond donors (Lipinski definition) is 1. The molecule has 3 aromatic rings. The number of nitrogens with zero attached hydrogens (tertiary/aromatic N) is 4. The number of carbonyl (C=O) groups excluding carboxylic acids is 1. The molecule has 0 saturated carbocycles. The Morgan fingerprint density at radius 1 is 1.23 bits per heavy atom. The molecule has 8 nitrogen and oxygen atoms in total. The first-order valence-corrected chi connectivity index (χ1v) is 11.9. The van der Waals surface area contributed by atoms with Gasteiger partial charge in [-0.1, -0.05) is 29.0 Å². The molecule has 1 atom stereocenters. The van der Waals surface area contributed by atoms with Crippen molar-refractivity contribution in [1.82, 2.24) is 14.5 Å². The Bertz CT molecular complexity index is 1270. The molecular weight excluding hydrogens is 458 g/mol. The maximum Gasteiger partial charge on any atom is 0.286 e. The van der Waals surface area contributed by atoms with Gasteiger partial charge in [-0.25, -0.2) is 8.42 Å². The molecule has 11 heteroatoms. The Morgan fingerprint density at radius 3 is 2.74 bits per heavy atom. The van der Waals surface area contributed by atoms with Gasteiger partial charge in [0.2, 0.25) is 15.0 Å². The van der Waals surface area contributed by atoms with Crippen molar-refractivity contribution >= 4 is 44.6 Å². The summed E-state index contributed by atoms with van der Waals surface area (Å²) in [7, 11) is -3.82. The molecular formula is C20H16ClN5O3S2. The summed E-state index contributed by atoms with van der Waals surface area (Å²) in [5.74, 6) is -0.430. The van der Waals surface area contributed by atoms with Crippen LogP contribution in [0, 0.1) is 11.3 Å². The Morgan fingerprint density at radius 2 is 2.00 bits per heavy atom.